The van der Waals surface area contributed by atoms with E-state index in [1.54, 1.807) is 0 Å². The molecule has 0 aromatic heterocycles. The molecule has 144 valence electrons. The van der Waals surface area contributed by atoms with Gasteiger partial charge in [-0.1, -0.05) is 90.0 Å². The topological polar surface area (TPSA) is 18.5 Å². The smallest absolute Gasteiger partial charge is 0.267 e. The van der Waals surface area contributed by atoms with E-state index in [2.05, 4.69) is 50.2 Å². The molecule has 0 heterocycles. The highest BCUT2D eigenvalue weighted by atomic mass is 16.7. The van der Waals surface area contributed by atoms with Crippen LogP contribution in [0.2, 0.25) is 0 Å². The van der Waals surface area contributed by atoms with E-state index in [-0.39, 0.29) is 0 Å². The lowest BCUT2D eigenvalue weighted by Gasteiger charge is -2.21. The van der Waals surface area contributed by atoms with Gasteiger partial charge in [0.25, 0.3) is 6.29 Å². The molecular weight excluding hydrogens is 356 g/mol. The van der Waals surface area contributed by atoms with Crippen LogP contribution in [0, 0.1) is 13.8 Å². The monoisotopic (exact) mass is 380 g/mol. The molecular formula is C27H24O2. The van der Waals surface area contributed by atoms with E-state index in [0.29, 0.717) is 0 Å². The maximum atomic E-state index is 6.22. The van der Waals surface area contributed by atoms with E-state index >= 15 is 0 Å². The molecule has 4 aromatic carbocycles. The van der Waals surface area contributed by atoms with Gasteiger partial charge in [-0.2, -0.15) is 0 Å². The van der Waals surface area contributed by atoms with E-state index in [0.717, 1.165) is 22.6 Å². The van der Waals surface area contributed by atoms with E-state index in [4.69, 9.17) is 9.47 Å². The number of ether oxygens (including phenoxy) is 2. The van der Waals surface area contributed by atoms with Crippen molar-refractivity contribution in [2.45, 2.75) is 20.1 Å². The Morgan fingerprint density at radius 1 is 0.483 bits per heavy atom. The molecule has 0 aliphatic rings. The van der Waals surface area contributed by atoms with Gasteiger partial charge in [-0.25, -0.2) is 0 Å². The first-order valence-electron chi connectivity index (χ1n) is 9.79. The largest absolute Gasteiger partial charge is 0.451 e. The van der Waals surface area contributed by atoms with Crippen molar-refractivity contribution in [3.05, 3.63) is 120 Å². The Balaban J connectivity index is 1.55. The normalized spacial score (nSPS) is 11.7. The molecule has 4 rings (SSSR count). The van der Waals surface area contributed by atoms with Crippen molar-refractivity contribution in [2.75, 3.05) is 0 Å². The number of hydrogen-bond acceptors (Lipinski definition) is 2. The summed E-state index contributed by atoms with van der Waals surface area (Å²) in [5.41, 5.74) is 5.77. The second-order valence-corrected chi connectivity index (χ2v) is 7.18. The van der Waals surface area contributed by atoms with Crippen LogP contribution in [0.15, 0.2) is 103 Å². The first-order valence-corrected chi connectivity index (χ1v) is 9.79. The fourth-order valence-electron chi connectivity index (χ4n) is 3.11. The summed E-state index contributed by atoms with van der Waals surface area (Å²) in [5, 5.41) is 0. The fourth-order valence-corrected chi connectivity index (χ4v) is 3.11. The van der Waals surface area contributed by atoms with Crippen LogP contribution in [0.3, 0.4) is 0 Å². The molecule has 0 fully saturated rings. The zero-order chi connectivity index (χ0) is 20.1. The van der Waals surface area contributed by atoms with Gasteiger partial charge in [0, 0.05) is 5.56 Å². The highest BCUT2D eigenvalue weighted by Gasteiger charge is 2.15. The lowest BCUT2D eigenvalue weighted by molar-refractivity contribution is 0.00382. The van der Waals surface area contributed by atoms with Gasteiger partial charge in [-0.3, -0.25) is 0 Å². The molecule has 1 atom stereocenters. The van der Waals surface area contributed by atoms with Gasteiger partial charge in [0.05, 0.1) is 0 Å². The molecule has 0 N–H and O–H groups in total. The molecule has 29 heavy (non-hydrogen) atoms. The third-order valence-corrected chi connectivity index (χ3v) is 4.82. The zero-order valence-corrected chi connectivity index (χ0v) is 16.7. The molecule has 0 saturated heterocycles. The third kappa shape index (κ3) is 4.85. The van der Waals surface area contributed by atoms with Crippen LogP contribution in [0.25, 0.3) is 11.1 Å². The Kier molecular flexibility index (Phi) is 5.62. The maximum Gasteiger partial charge on any atom is 0.267 e. The van der Waals surface area contributed by atoms with Gasteiger partial charge in [0.1, 0.15) is 11.5 Å². The highest BCUT2D eigenvalue weighted by Crippen LogP contribution is 2.28. The van der Waals surface area contributed by atoms with Gasteiger partial charge >= 0.3 is 0 Å². The summed E-state index contributed by atoms with van der Waals surface area (Å²) in [5.74, 6) is 1.54. The Hall–Kier alpha value is -3.52. The minimum Gasteiger partial charge on any atom is -0.451 e. The van der Waals surface area contributed by atoms with E-state index in [1.165, 1.54) is 16.7 Å². The van der Waals surface area contributed by atoms with Crippen LogP contribution in [0.5, 0.6) is 11.5 Å². The minimum atomic E-state index is -0.524. The van der Waals surface area contributed by atoms with Crippen molar-refractivity contribution in [2.24, 2.45) is 0 Å². The molecule has 0 saturated carbocycles. The van der Waals surface area contributed by atoms with E-state index < -0.39 is 6.29 Å². The second kappa shape index (κ2) is 8.66. The van der Waals surface area contributed by atoms with E-state index in [9.17, 15) is 0 Å². The van der Waals surface area contributed by atoms with Gasteiger partial charge in [0.15, 0.2) is 0 Å². The summed E-state index contributed by atoms with van der Waals surface area (Å²) in [6, 6.07) is 34.7. The van der Waals surface area contributed by atoms with Crippen molar-refractivity contribution in [3.8, 4) is 22.6 Å². The van der Waals surface area contributed by atoms with Gasteiger partial charge < -0.3 is 9.47 Å². The lowest BCUT2D eigenvalue weighted by atomic mass is 10.0. The van der Waals surface area contributed by atoms with Crippen LogP contribution < -0.4 is 9.47 Å². The molecule has 0 bridgehead atoms. The van der Waals surface area contributed by atoms with Crippen molar-refractivity contribution in [1.29, 1.82) is 0 Å². The molecule has 0 amide bonds. The van der Waals surface area contributed by atoms with Crippen LogP contribution in [0.1, 0.15) is 23.0 Å². The minimum absolute atomic E-state index is 0.524. The lowest BCUT2D eigenvalue weighted by Crippen LogP contribution is -2.15. The summed E-state index contributed by atoms with van der Waals surface area (Å²) in [6.45, 7) is 4.16. The zero-order valence-electron chi connectivity index (χ0n) is 16.7. The summed E-state index contributed by atoms with van der Waals surface area (Å²) in [6.07, 6.45) is -0.524. The molecule has 0 radical (unpaired) electrons. The van der Waals surface area contributed by atoms with Crippen LogP contribution in [0.4, 0.5) is 0 Å². The Labute approximate surface area is 172 Å². The van der Waals surface area contributed by atoms with Crippen LogP contribution in [-0.4, -0.2) is 0 Å². The fraction of sp³-hybridized carbons (Fsp3) is 0.111. The molecule has 0 spiro atoms. The average molecular weight is 380 g/mol. The number of aryl methyl sites for hydroxylation is 2. The summed E-state index contributed by atoms with van der Waals surface area (Å²) < 4.78 is 12.4. The van der Waals surface area contributed by atoms with Crippen molar-refractivity contribution in [3.63, 3.8) is 0 Å². The first kappa shape index (κ1) is 18.8. The highest BCUT2D eigenvalue weighted by molar-refractivity contribution is 5.64. The van der Waals surface area contributed by atoms with Crippen molar-refractivity contribution >= 4 is 0 Å². The summed E-state index contributed by atoms with van der Waals surface area (Å²) >= 11 is 0. The van der Waals surface area contributed by atoms with Crippen molar-refractivity contribution in [1.82, 2.24) is 0 Å². The standard InChI is InChI=1S/C27H24O2/c1-20-8-12-22(13-9-20)23-14-18-26(19-15-23)29-27(24-6-4-3-5-7-24)28-25-16-10-21(2)11-17-25/h3-19,27H,1-2H3. The second-order valence-electron chi connectivity index (χ2n) is 7.18. The summed E-state index contributed by atoms with van der Waals surface area (Å²) in [7, 11) is 0. The number of hydrogen-bond donors (Lipinski definition) is 0. The predicted octanol–water partition coefficient (Wildman–Crippen LogP) is 7.13. The Morgan fingerprint density at radius 3 is 1.41 bits per heavy atom. The van der Waals surface area contributed by atoms with Crippen molar-refractivity contribution < 1.29 is 9.47 Å². The molecule has 1 unspecified atom stereocenters. The SMILES string of the molecule is Cc1ccc(OC(Oc2ccc(-c3ccc(C)cc3)cc2)c2ccccc2)cc1. The van der Waals surface area contributed by atoms with E-state index in [1.807, 2.05) is 66.7 Å². The predicted molar refractivity (Wildman–Crippen MR) is 118 cm³/mol. The van der Waals surface area contributed by atoms with Gasteiger partial charge in [0.2, 0.25) is 0 Å². The molecule has 4 aromatic rings. The maximum absolute atomic E-state index is 6.22. The summed E-state index contributed by atoms with van der Waals surface area (Å²) in [4.78, 5) is 0. The molecule has 2 nitrogen and oxygen atoms in total. The third-order valence-electron chi connectivity index (χ3n) is 4.82. The molecule has 0 aliphatic carbocycles. The number of rotatable bonds is 6. The average Bonchev–Trinajstić information content (AvgIpc) is 2.76. The number of benzene rings is 4. The van der Waals surface area contributed by atoms with Crippen LogP contribution >= 0.6 is 0 Å². The quantitative estimate of drug-likeness (QED) is 0.331. The Morgan fingerprint density at radius 2 is 0.897 bits per heavy atom. The van der Waals surface area contributed by atoms with Gasteiger partial charge in [-0.05, 0) is 49.2 Å². The molecule has 2 heteroatoms. The van der Waals surface area contributed by atoms with Gasteiger partial charge in [-0.15, -0.1) is 0 Å². The molecule has 0 aliphatic heterocycles. The Bertz CT molecular complexity index is 1030. The first-order chi connectivity index (χ1) is 14.2. The van der Waals surface area contributed by atoms with Crippen LogP contribution in [-0.2, 0) is 0 Å².